The first-order valence-corrected chi connectivity index (χ1v) is 8.42. The third-order valence-corrected chi connectivity index (χ3v) is 5.58. The Balaban J connectivity index is 1.44. The molecule has 112 valence electrons. The minimum Gasteiger partial charge on any atom is -0.349 e. The monoisotopic (exact) mass is 285 g/mol. The average Bonchev–Trinajstić information content (AvgIpc) is 3.25. The average molecular weight is 285 g/mol. The maximum absolute atomic E-state index is 12.6. The Labute approximate surface area is 125 Å². The second-order valence-electron chi connectivity index (χ2n) is 7.03. The van der Waals surface area contributed by atoms with Crippen molar-refractivity contribution >= 4 is 5.91 Å². The maximum atomic E-state index is 12.6. The molecule has 3 fully saturated rings. The van der Waals surface area contributed by atoms with E-state index in [1.165, 1.54) is 32.1 Å². The van der Waals surface area contributed by atoms with E-state index in [1.807, 2.05) is 0 Å². The molecule has 3 atom stereocenters. The molecule has 1 heterocycles. The minimum atomic E-state index is 0.0407. The summed E-state index contributed by atoms with van der Waals surface area (Å²) >= 11 is 0. The van der Waals surface area contributed by atoms with Crippen molar-refractivity contribution in [1.82, 2.24) is 15.3 Å². The number of carbonyl (C=O) groups is 1. The van der Waals surface area contributed by atoms with Crippen LogP contribution in [0.2, 0.25) is 0 Å². The predicted molar refractivity (Wildman–Crippen MR) is 79.9 cm³/mol. The van der Waals surface area contributed by atoms with Gasteiger partial charge in [0.15, 0.2) is 0 Å². The van der Waals surface area contributed by atoms with Gasteiger partial charge in [-0.05, 0) is 43.9 Å². The van der Waals surface area contributed by atoms with Crippen molar-refractivity contribution in [3.05, 3.63) is 23.8 Å². The van der Waals surface area contributed by atoms with Gasteiger partial charge >= 0.3 is 0 Å². The van der Waals surface area contributed by atoms with Crippen LogP contribution in [0.3, 0.4) is 0 Å². The summed E-state index contributed by atoms with van der Waals surface area (Å²) < 4.78 is 0. The Hall–Kier alpha value is -1.45. The molecule has 4 rings (SSSR count). The summed E-state index contributed by atoms with van der Waals surface area (Å²) in [5, 5.41) is 3.25. The van der Waals surface area contributed by atoms with Crippen LogP contribution in [0.4, 0.5) is 0 Å². The van der Waals surface area contributed by atoms with Gasteiger partial charge in [-0.15, -0.1) is 0 Å². The van der Waals surface area contributed by atoms with E-state index in [0.717, 1.165) is 36.8 Å². The van der Waals surface area contributed by atoms with Gasteiger partial charge in [-0.2, -0.15) is 0 Å². The molecule has 4 heteroatoms. The van der Waals surface area contributed by atoms with E-state index in [2.05, 4.69) is 15.3 Å². The molecule has 0 saturated heterocycles. The number of hydrogen-bond donors (Lipinski definition) is 1. The lowest BCUT2D eigenvalue weighted by molar-refractivity contribution is 0.0908. The molecule has 0 radical (unpaired) electrons. The molecule has 3 saturated carbocycles. The molecule has 0 aromatic carbocycles. The van der Waals surface area contributed by atoms with Crippen LogP contribution in [0.25, 0.3) is 0 Å². The molecular weight excluding hydrogens is 262 g/mol. The molecule has 1 N–H and O–H groups in total. The van der Waals surface area contributed by atoms with E-state index in [1.54, 1.807) is 12.5 Å². The van der Waals surface area contributed by atoms with Crippen LogP contribution in [0.5, 0.6) is 0 Å². The molecule has 3 aliphatic carbocycles. The summed E-state index contributed by atoms with van der Waals surface area (Å²) in [6.45, 7) is 0. The van der Waals surface area contributed by atoms with Crippen LogP contribution >= 0.6 is 0 Å². The fourth-order valence-electron chi connectivity index (χ4n) is 4.29. The van der Waals surface area contributed by atoms with Crippen LogP contribution in [0.1, 0.15) is 73.3 Å². The summed E-state index contributed by atoms with van der Waals surface area (Å²) in [5.41, 5.74) is 1.66. The van der Waals surface area contributed by atoms with Crippen molar-refractivity contribution in [2.45, 2.75) is 63.3 Å². The van der Waals surface area contributed by atoms with Gasteiger partial charge < -0.3 is 5.32 Å². The van der Waals surface area contributed by atoms with Crippen LogP contribution in [-0.2, 0) is 0 Å². The van der Waals surface area contributed by atoms with Gasteiger partial charge in [0.1, 0.15) is 6.33 Å². The minimum absolute atomic E-state index is 0.0407. The number of aromatic nitrogens is 2. The quantitative estimate of drug-likeness (QED) is 0.928. The van der Waals surface area contributed by atoms with Crippen molar-refractivity contribution in [1.29, 1.82) is 0 Å². The standard InChI is InChI=1S/C17H23N3O/c21-17(15-9-18-10-19-16(15)12-4-5-12)20-14-7-6-11-2-1-3-13(11)8-14/h9-14H,1-8H2,(H,20,21). The number of nitrogens with zero attached hydrogens (tertiary/aromatic N) is 2. The molecule has 3 aliphatic rings. The summed E-state index contributed by atoms with van der Waals surface area (Å²) in [5.74, 6) is 2.30. The van der Waals surface area contributed by atoms with E-state index in [9.17, 15) is 4.79 Å². The van der Waals surface area contributed by atoms with E-state index >= 15 is 0 Å². The normalized spacial score (nSPS) is 31.7. The summed E-state index contributed by atoms with van der Waals surface area (Å²) in [6.07, 6.45) is 13.3. The lowest BCUT2D eigenvalue weighted by atomic mass is 9.79. The second kappa shape index (κ2) is 5.39. The Kier molecular flexibility index (Phi) is 3.40. The highest BCUT2D eigenvalue weighted by molar-refractivity contribution is 5.95. The highest BCUT2D eigenvalue weighted by atomic mass is 16.1. The summed E-state index contributed by atoms with van der Waals surface area (Å²) in [4.78, 5) is 21.0. The molecule has 4 nitrogen and oxygen atoms in total. The van der Waals surface area contributed by atoms with Gasteiger partial charge in [0.2, 0.25) is 0 Å². The largest absolute Gasteiger partial charge is 0.349 e. The van der Waals surface area contributed by atoms with Crippen LogP contribution < -0.4 is 5.32 Å². The van der Waals surface area contributed by atoms with Crippen molar-refractivity contribution in [3.63, 3.8) is 0 Å². The Morgan fingerprint density at radius 2 is 1.95 bits per heavy atom. The van der Waals surface area contributed by atoms with Crippen molar-refractivity contribution in [2.75, 3.05) is 0 Å². The highest BCUT2D eigenvalue weighted by Gasteiger charge is 2.35. The fourth-order valence-corrected chi connectivity index (χ4v) is 4.29. The summed E-state index contributed by atoms with van der Waals surface area (Å²) in [7, 11) is 0. The maximum Gasteiger partial charge on any atom is 0.254 e. The second-order valence-corrected chi connectivity index (χ2v) is 7.03. The van der Waals surface area contributed by atoms with Crippen LogP contribution in [0, 0.1) is 11.8 Å². The molecule has 21 heavy (non-hydrogen) atoms. The smallest absolute Gasteiger partial charge is 0.254 e. The number of rotatable bonds is 3. The number of amides is 1. The van der Waals surface area contributed by atoms with Gasteiger partial charge in [0.05, 0.1) is 11.3 Å². The third-order valence-electron chi connectivity index (χ3n) is 5.58. The number of nitrogens with one attached hydrogen (secondary N) is 1. The van der Waals surface area contributed by atoms with Gasteiger partial charge in [-0.3, -0.25) is 4.79 Å². The molecule has 0 aliphatic heterocycles. The van der Waals surface area contributed by atoms with E-state index in [4.69, 9.17) is 0 Å². The molecule has 0 bridgehead atoms. The Morgan fingerprint density at radius 1 is 1.10 bits per heavy atom. The lowest BCUT2D eigenvalue weighted by Gasteiger charge is -2.32. The van der Waals surface area contributed by atoms with E-state index in [-0.39, 0.29) is 5.91 Å². The first-order valence-electron chi connectivity index (χ1n) is 8.42. The predicted octanol–water partition coefficient (Wildman–Crippen LogP) is 3.05. The SMILES string of the molecule is O=C(NC1CCC2CCCC2C1)c1cncnc1C1CC1. The molecule has 1 amide bonds. The molecule has 1 aromatic rings. The van der Waals surface area contributed by atoms with Crippen LogP contribution in [0.15, 0.2) is 12.5 Å². The first-order chi connectivity index (χ1) is 10.3. The topological polar surface area (TPSA) is 54.9 Å². The molecule has 0 spiro atoms. The molecule has 1 aromatic heterocycles. The zero-order chi connectivity index (χ0) is 14.2. The highest BCUT2D eigenvalue weighted by Crippen LogP contribution is 2.42. The van der Waals surface area contributed by atoms with E-state index in [0.29, 0.717) is 17.5 Å². The zero-order valence-electron chi connectivity index (χ0n) is 12.4. The lowest BCUT2D eigenvalue weighted by Crippen LogP contribution is -2.40. The van der Waals surface area contributed by atoms with Gasteiger partial charge in [-0.25, -0.2) is 9.97 Å². The van der Waals surface area contributed by atoms with Crippen molar-refractivity contribution < 1.29 is 4.79 Å². The summed E-state index contributed by atoms with van der Waals surface area (Å²) in [6, 6.07) is 0.351. The Morgan fingerprint density at radius 3 is 2.81 bits per heavy atom. The van der Waals surface area contributed by atoms with E-state index < -0.39 is 0 Å². The van der Waals surface area contributed by atoms with Crippen LogP contribution in [-0.4, -0.2) is 21.9 Å². The van der Waals surface area contributed by atoms with Gasteiger partial charge in [0, 0.05) is 18.2 Å². The molecular formula is C17H23N3O. The Bertz CT molecular complexity index is 541. The zero-order valence-corrected chi connectivity index (χ0v) is 12.4. The first kappa shape index (κ1) is 13.2. The number of hydrogen-bond acceptors (Lipinski definition) is 3. The fraction of sp³-hybridized carbons (Fsp3) is 0.706. The third kappa shape index (κ3) is 2.68. The van der Waals surface area contributed by atoms with Gasteiger partial charge in [-0.1, -0.05) is 19.3 Å². The number of fused-ring (bicyclic) bond motifs is 1. The number of carbonyl (C=O) groups excluding carboxylic acids is 1. The van der Waals surface area contributed by atoms with Crippen molar-refractivity contribution in [3.8, 4) is 0 Å². The van der Waals surface area contributed by atoms with Gasteiger partial charge in [0.25, 0.3) is 5.91 Å². The molecule has 3 unspecified atom stereocenters. The van der Waals surface area contributed by atoms with Crippen molar-refractivity contribution in [2.24, 2.45) is 11.8 Å².